The third-order valence-corrected chi connectivity index (χ3v) is 5.39. The summed E-state index contributed by atoms with van der Waals surface area (Å²) in [6, 6.07) is 8.56. The molecule has 0 heterocycles. The lowest BCUT2D eigenvalue weighted by molar-refractivity contribution is 0.308. The van der Waals surface area contributed by atoms with Crippen molar-refractivity contribution in [3.05, 3.63) is 52.6 Å². The van der Waals surface area contributed by atoms with Crippen molar-refractivity contribution in [1.29, 1.82) is 0 Å². The van der Waals surface area contributed by atoms with Crippen molar-refractivity contribution in [1.82, 2.24) is 0 Å². The molecule has 2 bridgehead atoms. The molecule has 1 aromatic rings. The topological polar surface area (TPSA) is 9.23 Å². The SMILES string of the molecule is C#CC#CC#CC1C=C(C)C2CCCC1C2=C(OC)c1cccc(C)c1. The number of terminal acetylenes is 1. The quantitative estimate of drug-likeness (QED) is 0.419. The monoisotopic (exact) mass is 340 g/mol. The Hall–Kier alpha value is -2.82. The Morgan fingerprint density at radius 1 is 1.15 bits per heavy atom. The Morgan fingerprint density at radius 3 is 2.73 bits per heavy atom. The van der Waals surface area contributed by atoms with Crippen LogP contribution in [0.1, 0.15) is 37.3 Å². The zero-order chi connectivity index (χ0) is 18.5. The minimum Gasteiger partial charge on any atom is -0.496 e. The van der Waals surface area contributed by atoms with Crippen LogP contribution in [0.25, 0.3) is 5.76 Å². The van der Waals surface area contributed by atoms with Gasteiger partial charge in [-0.25, -0.2) is 0 Å². The molecule has 3 rings (SSSR count). The molecule has 1 heteroatoms. The fraction of sp³-hybridized carbons (Fsp3) is 0.360. The van der Waals surface area contributed by atoms with Crippen molar-refractivity contribution in [2.45, 2.75) is 33.1 Å². The van der Waals surface area contributed by atoms with Gasteiger partial charge in [0, 0.05) is 23.3 Å². The van der Waals surface area contributed by atoms with Gasteiger partial charge >= 0.3 is 0 Å². The van der Waals surface area contributed by atoms with Gasteiger partial charge in [0.2, 0.25) is 0 Å². The third kappa shape index (κ3) is 3.57. The minimum atomic E-state index is 0.170. The third-order valence-electron chi connectivity index (χ3n) is 5.39. The number of hydrogen-bond acceptors (Lipinski definition) is 1. The van der Waals surface area contributed by atoms with E-state index in [4.69, 9.17) is 11.2 Å². The first-order chi connectivity index (χ1) is 12.7. The summed E-state index contributed by atoms with van der Waals surface area (Å²) in [4.78, 5) is 0. The van der Waals surface area contributed by atoms with E-state index in [9.17, 15) is 0 Å². The summed E-state index contributed by atoms with van der Waals surface area (Å²) in [7, 11) is 1.78. The molecule has 2 aliphatic rings. The number of allylic oxidation sites excluding steroid dienone is 3. The second kappa shape index (κ2) is 8.04. The lowest BCUT2D eigenvalue weighted by Gasteiger charge is -2.41. The van der Waals surface area contributed by atoms with Gasteiger partial charge in [0.05, 0.1) is 7.11 Å². The maximum Gasteiger partial charge on any atom is 0.126 e. The van der Waals surface area contributed by atoms with Crippen LogP contribution in [0.5, 0.6) is 0 Å². The molecule has 0 saturated heterocycles. The van der Waals surface area contributed by atoms with Crippen molar-refractivity contribution < 1.29 is 4.74 Å². The predicted molar refractivity (Wildman–Crippen MR) is 108 cm³/mol. The van der Waals surface area contributed by atoms with E-state index >= 15 is 0 Å². The van der Waals surface area contributed by atoms with Crippen LogP contribution in [0.3, 0.4) is 0 Å². The summed E-state index contributed by atoms with van der Waals surface area (Å²) < 4.78 is 5.96. The van der Waals surface area contributed by atoms with Gasteiger partial charge in [-0.15, -0.1) is 6.42 Å². The van der Waals surface area contributed by atoms with Crippen LogP contribution in [0.2, 0.25) is 0 Å². The lowest BCUT2D eigenvalue weighted by Crippen LogP contribution is -2.31. The van der Waals surface area contributed by atoms with Crippen LogP contribution < -0.4 is 0 Å². The summed E-state index contributed by atoms with van der Waals surface area (Å²) >= 11 is 0. The van der Waals surface area contributed by atoms with Crippen LogP contribution in [0.15, 0.2) is 41.5 Å². The van der Waals surface area contributed by atoms with Crippen molar-refractivity contribution >= 4 is 5.76 Å². The van der Waals surface area contributed by atoms with E-state index in [1.165, 1.54) is 29.6 Å². The normalized spacial score (nSPS) is 25.5. The highest BCUT2D eigenvalue weighted by Crippen LogP contribution is 2.49. The Balaban J connectivity index is 2.11. The van der Waals surface area contributed by atoms with E-state index in [1.807, 2.05) is 0 Å². The molecule has 3 atom stereocenters. The number of methoxy groups -OCH3 is 1. The first-order valence-electron chi connectivity index (χ1n) is 9.15. The van der Waals surface area contributed by atoms with E-state index in [0.29, 0.717) is 11.8 Å². The fourth-order valence-electron chi connectivity index (χ4n) is 4.32. The van der Waals surface area contributed by atoms with E-state index < -0.39 is 0 Å². The summed E-state index contributed by atoms with van der Waals surface area (Å²) in [6.45, 7) is 4.34. The Morgan fingerprint density at radius 2 is 2.00 bits per heavy atom. The molecule has 26 heavy (non-hydrogen) atoms. The Bertz CT molecular complexity index is 915. The van der Waals surface area contributed by atoms with Gasteiger partial charge in [0.25, 0.3) is 0 Å². The summed E-state index contributed by atoms with van der Waals surface area (Å²) in [5, 5.41) is 0. The number of hydrogen-bond donors (Lipinski definition) is 0. The van der Waals surface area contributed by atoms with E-state index in [2.05, 4.69) is 73.8 Å². The molecule has 0 radical (unpaired) electrons. The smallest absolute Gasteiger partial charge is 0.126 e. The Kier molecular flexibility index (Phi) is 5.56. The van der Waals surface area contributed by atoms with Gasteiger partial charge in [-0.1, -0.05) is 47.8 Å². The van der Waals surface area contributed by atoms with Crippen LogP contribution in [0.4, 0.5) is 0 Å². The molecule has 1 fully saturated rings. The molecule has 0 aliphatic heterocycles. The average Bonchev–Trinajstić information content (AvgIpc) is 2.64. The predicted octanol–water partition coefficient (Wildman–Crippen LogP) is 4.98. The molecule has 1 saturated carbocycles. The number of ether oxygens (including phenoxy) is 1. The largest absolute Gasteiger partial charge is 0.496 e. The standard InChI is InChI=1S/C25H24O/c1-5-6-7-8-12-20-17-19(3)22-14-10-15-23(20)24(22)25(26-4)21-13-9-11-18(2)16-21/h1,9,11,13,16-17,20,22-23H,10,14-15H2,2-4H3. The lowest BCUT2D eigenvalue weighted by atomic mass is 9.64. The molecule has 3 unspecified atom stereocenters. The van der Waals surface area contributed by atoms with Gasteiger partial charge in [-0.2, -0.15) is 0 Å². The molecule has 0 N–H and O–H groups in total. The molecule has 1 aromatic carbocycles. The summed E-state index contributed by atoms with van der Waals surface area (Å²) in [5.41, 5.74) is 5.20. The number of aryl methyl sites for hydroxylation is 1. The van der Waals surface area contributed by atoms with Crippen molar-refractivity contribution in [2.24, 2.45) is 17.8 Å². The number of fused-ring (bicyclic) bond motifs is 2. The van der Waals surface area contributed by atoms with E-state index in [0.717, 1.165) is 17.7 Å². The van der Waals surface area contributed by atoms with Gasteiger partial charge in [0.15, 0.2) is 0 Å². The number of rotatable bonds is 2. The van der Waals surface area contributed by atoms with Crippen molar-refractivity contribution in [2.75, 3.05) is 7.11 Å². The van der Waals surface area contributed by atoms with Crippen LogP contribution in [-0.4, -0.2) is 7.11 Å². The zero-order valence-corrected chi connectivity index (χ0v) is 15.7. The highest BCUT2D eigenvalue weighted by atomic mass is 16.5. The molecule has 2 aliphatic carbocycles. The molecular weight excluding hydrogens is 316 g/mol. The first-order valence-corrected chi connectivity index (χ1v) is 9.15. The number of benzene rings is 1. The van der Waals surface area contributed by atoms with E-state index in [1.54, 1.807) is 7.11 Å². The maximum absolute atomic E-state index is 5.96. The van der Waals surface area contributed by atoms with Gasteiger partial charge in [0.1, 0.15) is 5.76 Å². The van der Waals surface area contributed by atoms with Crippen molar-refractivity contribution in [3.63, 3.8) is 0 Å². The second-order valence-corrected chi connectivity index (χ2v) is 7.05. The van der Waals surface area contributed by atoms with Crippen LogP contribution in [-0.2, 0) is 4.74 Å². The van der Waals surface area contributed by atoms with Gasteiger partial charge < -0.3 is 4.74 Å². The molecule has 0 spiro atoms. The fourth-order valence-corrected chi connectivity index (χ4v) is 4.32. The maximum atomic E-state index is 5.96. The second-order valence-electron chi connectivity index (χ2n) is 7.05. The summed E-state index contributed by atoms with van der Waals surface area (Å²) in [6.07, 6.45) is 11.0. The average molecular weight is 340 g/mol. The molecule has 130 valence electrons. The Labute approximate surface area is 157 Å². The van der Waals surface area contributed by atoms with Crippen LogP contribution in [0, 0.1) is 60.7 Å². The minimum absolute atomic E-state index is 0.170. The van der Waals surface area contributed by atoms with Crippen molar-refractivity contribution in [3.8, 4) is 36.0 Å². The molecule has 0 amide bonds. The summed E-state index contributed by atoms with van der Waals surface area (Å²) in [5.74, 6) is 15.9. The van der Waals surface area contributed by atoms with E-state index in [-0.39, 0.29) is 5.92 Å². The first kappa shape index (κ1) is 18.0. The van der Waals surface area contributed by atoms with Crippen LogP contribution >= 0.6 is 0 Å². The molecular formula is C25H24O. The molecule has 1 nitrogen and oxygen atoms in total. The van der Waals surface area contributed by atoms with Gasteiger partial charge in [-0.3, -0.25) is 0 Å². The van der Waals surface area contributed by atoms with Gasteiger partial charge in [-0.05, 0) is 62.0 Å². The highest BCUT2D eigenvalue weighted by molar-refractivity contribution is 5.66. The zero-order valence-electron chi connectivity index (χ0n) is 15.7. The highest BCUT2D eigenvalue weighted by Gasteiger charge is 2.39. The molecule has 0 aromatic heterocycles.